The number of esters is 1. The second-order valence-corrected chi connectivity index (χ2v) is 11.8. The first kappa shape index (κ1) is 26.7. The maximum absolute atomic E-state index is 14.1. The van der Waals surface area contributed by atoms with E-state index in [2.05, 4.69) is 0 Å². The molecule has 0 spiro atoms. The van der Waals surface area contributed by atoms with Crippen molar-refractivity contribution in [2.75, 3.05) is 5.75 Å². The number of hydrogen-bond donors (Lipinski definition) is 1. The number of ether oxygens (including phenoxy) is 1. The average Bonchev–Trinajstić information content (AvgIpc) is 3.33. The molecule has 2 heterocycles. The van der Waals surface area contributed by atoms with Gasteiger partial charge in [0.1, 0.15) is 17.1 Å². The summed E-state index contributed by atoms with van der Waals surface area (Å²) in [5.74, 6) is -0.195. The second kappa shape index (κ2) is 10.6. The summed E-state index contributed by atoms with van der Waals surface area (Å²) in [5.41, 5.74) is 13.1. The standard InChI is InChI=1S/C34H25ClN2O4S/c35-17-19-11-13-23-25-16-22(12-14-24(25)30(38)26(23)15-19)27-18-42-33-28(36)32(39)37(33)29(27)34(40)41-31(20-7-3-1-4-8-20)21-9-5-2-6-10-21/h1-16,28,31,33H,17-18,36H2/t28-,33-/m1/s1. The Balaban J connectivity index is 1.33. The number of ketones is 1. The van der Waals surface area contributed by atoms with Crippen LogP contribution in [0.25, 0.3) is 16.7 Å². The molecule has 0 aromatic heterocycles. The zero-order chi connectivity index (χ0) is 29.0. The van der Waals surface area contributed by atoms with Crippen LogP contribution in [-0.2, 0) is 20.2 Å². The van der Waals surface area contributed by atoms with Crippen LogP contribution in [-0.4, -0.2) is 39.7 Å². The van der Waals surface area contributed by atoms with Gasteiger partial charge in [0.25, 0.3) is 0 Å². The fourth-order valence-electron chi connectivity index (χ4n) is 5.87. The van der Waals surface area contributed by atoms with Crippen molar-refractivity contribution in [3.05, 3.63) is 136 Å². The minimum absolute atomic E-state index is 0.0531. The van der Waals surface area contributed by atoms with Crippen LogP contribution in [0.15, 0.2) is 103 Å². The number of nitrogens with zero attached hydrogens (tertiary/aromatic N) is 1. The summed E-state index contributed by atoms with van der Waals surface area (Å²) in [7, 11) is 0. The number of hydrogen-bond acceptors (Lipinski definition) is 6. The van der Waals surface area contributed by atoms with E-state index in [4.69, 9.17) is 22.1 Å². The van der Waals surface area contributed by atoms with Crippen LogP contribution >= 0.6 is 23.4 Å². The maximum Gasteiger partial charge on any atom is 0.356 e. The Bertz CT molecular complexity index is 1750. The summed E-state index contributed by atoms with van der Waals surface area (Å²) in [6.45, 7) is 0. The number of halogens is 1. The van der Waals surface area contributed by atoms with Gasteiger partial charge in [-0.05, 0) is 51.6 Å². The number of β-lactam (4-membered cyclic amide) rings is 1. The van der Waals surface area contributed by atoms with Crippen LogP contribution in [0.4, 0.5) is 0 Å². The molecule has 1 aliphatic carbocycles. The number of rotatable bonds is 6. The van der Waals surface area contributed by atoms with E-state index < -0.39 is 18.1 Å². The van der Waals surface area contributed by atoms with E-state index in [1.54, 1.807) is 6.07 Å². The van der Waals surface area contributed by atoms with Crippen molar-refractivity contribution in [1.82, 2.24) is 4.90 Å². The highest BCUT2D eigenvalue weighted by molar-refractivity contribution is 8.00. The second-order valence-electron chi connectivity index (χ2n) is 10.5. The lowest BCUT2D eigenvalue weighted by molar-refractivity contribution is -0.152. The Labute approximate surface area is 252 Å². The quantitative estimate of drug-likeness (QED) is 0.149. The molecule has 1 saturated heterocycles. The number of carbonyl (C=O) groups excluding carboxylic acids is 3. The smallest absolute Gasteiger partial charge is 0.356 e. The molecule has 4 aromatic carbocycles. The topological polar surface area (TPSA) is 89.7 Å². The lowest BCUT2D eigenvalue weighted by Crippen LogP contribution is -2.68. The van der Waals surface area contributed by atoms with E-state index in [1.165, 1.54) is 16.7 Å². The lowest BCUT2D eigenvalue weighted by Gasteiger charge is -2.48. The van der Waals surface area contributed by atoms with Crippen LogP contribution in [0.5, 0.6) is 0 Å². The molecule has 1 fully saturated rings. The molecule has 1 amide bonds. The first-order chi connectivity index (χ1) is 20.5. The van der Waals surface area contributed by atoms with Gasteiger partial charge in [0.15, 0.2) is 11.9 Å². The van der Waals surface area contributed by atoms with Crippen molar-refractivity contribution in [2.45, 2.75) is 23.4 Å². The van der Waals surface area contributed by atoms with Gasteiger partial charge in [0, 0.05) is 28.3 Å². The lowest BCUT2D eigenvalue weighted by atomic mass is 9.95. The van der Waals surface area contributed by atoms with Crippen LogP contribution in [0, 0.1) is 0 Å². The van der Waals surface area contributed by atoms with Crippen molar-refractivity contribution < 1.29 is 19.1 Å². The van der Waals surface area contributed by atoms with Gasteiger partial charge in [0.05, 0.1) is 0 Å². The highest BCUT2D eigenvalue weighted by Crippen LogP contribution is 2.45. The molecule has 0 radical (unpaired) electrons. The average molecular weight is 593 g/mol. The zero-order valence-electron chi connectivity index (χ0n) is 22.3. The van der Waals surface area contributed by atoms with Crippen LogP contribution in [0.1, 0.15) is 44.3 Å². The highest BCUT2D eigenvalue weighted by Gasteiger charge is 2.52. The van der Waals surface area contributed by atoms with Gasteiger partial charge in [0.2, 0.25) is 5.91 Å². The van der Waals surface area contributed by atoms with E-state index in [0.29, 0.717) is 28.3 Å². The molecular weight excluding hydrogens is 568 g/mol. The third kappa shape index (κ3) is 4.28. The molecule has 3 aliphatic rings. The van der Waals surface area contributed by atoms with E-state index in [1.807, 2.05) is 91.0 Å². The fraction of sp³-hybridized carbons (Fsp3) is 0.147. The summed E-state index contributed by atoms with van der Waals surface area (Å²) in [6, 6.07) is 29.6. The molecule has 0 saturated carbocycles. The van der Waals surface area contributed by atoms with Gasteiger partial charge < -0.3 is 10.5 Å². The van der Waals surface area contributed by atoms with E-state index >= 15 is 0 Å². The van der Waals surface area contributed by atoms with Crippen LogP contribution in [0.3, 0.4) is 0 Å². The van der Waals surface area contributed by atoms with E-state index in [9.17, 15) is 14.4 Å². The Hall–Kier alpha value is -4.17. The first-order valence-corrected chi connectivity index (χ1v) is 15.2. The Morgan fingerprint density at radius 2 is 1.55 bits per heavy atom. The Morgan fingerprint density at radius 3 is 2.21 bits per heavy atom. The summed E-state index contributed by atoms with van der Waals surface area (Å²) in [6.07, 6.45) is -0.674. The summed E-state index contributed by atoms with van der Waals surface area (Å²) >= 11 is 7.54. The minimum Gasteiger partial charge on any atom is -0.448 e. The fourth-order valence-corrected chi connectivity index (χ4v) is 7.36. The van der Waals surface area contributed by atoms with E-state index in [-0.39, 0.29) is 22.8 Å². The molecule has 2 N–H and O–H groups in total. The monoisotopic (exact) mass is 592 g/mol. The zero-order valence-corrected chi connectivity index (χ0v) is 23.9. The summed E-state index contributed by atoms with van der Waals surface area (Å²) in [4.78, 5) is 41.9. The number of amides is 1. The predicted octanol–water partition coefficient (Wildman–Crippen LogP) is 5.92. The molecule has 0 bridgehead atoms. The molecule has 2 atom stereocenters. The van der Waals surface area contributed by atoms with Gasteiger partial charge in [-0.3, -0.25) is 14.5 Å². The Kier molecular flexibility index (Phi) is 6.73. The molecule has 0 unspecified atom stereocenters. The van der Waals surface area contributed by atoms with E-state index in [0.717, 1.165) is 33.4 Å². The highest BCUT2D eigenvalue weighted by atomic mass is 35.5. The minimum atomic E-state index is -0.681. The van der Waals surface area contributed by atoms with Gasteiger partial charge in [-0.25, -0.2) is 4.79 Å². The third-order valence-corrected chi connectivity index (χ3v) is 9.63. The maximum atomic E-state index is 14.1. The molecule has 8 heteroatoms. The van der Waals surface area contributed by atoms with Crippen LogP contribution < -0.4 is 5.73 Å². The van der Waals surface area contributed by atoms with Crippen molar-refractivity contribution in [1.29, 1.82) is 0 Å². The molecule has 4 aromatic rings. The van der Waals surface area contributed by atoms with Crippen LogP contribution in [0.2, 0.25) is 0 Å². The van der Waals surface area contributed by atoms with Crippen molar-refractivity contribution in [3.63, 3.8) is 0 Å². The molecule has 208 valence electrons. The molecule has 7 rings (SSSR count). The SMILES string of the molecule is N[C@@H]1C(=O)N2C(C(=O)OC(c3ccccc3)c3ccccc3)=C(c3ccc4c(c3)-c3ccc(CCl)cc3C4=O)CS[C@H]12. The molecule has 42 heavy (non-hydrogen) atoms. The molecule has 2 aliphatic heterocycles. The van der Waals surface area contributed by atoms with Crippen molar-refractivity contribution >= 4 is 46.6 Å². The summed E-state index contributed by atoms with van der Waals surface area (Å²) in [5, 5.41) is -0.346. The number of thioether (sulfide) groups is 1. The molecular formula is C34H25ClN2O4S. The predicted molar refractivity (Wildman–Crippen MR) is 164 cm³/mol. The van der Waals surface area contributed by atoms with Gasteiger partial charge in [-0.1, -0.05) is 78.9 Å². The number of fused-ring (bicyclic) bond motifs is 4. The largest absolute Gasteiger partial charge is 0.448 e. The first-order valence-electron chi connectivity index (χ1n) is 13.6. The van der Waals surface area contributed by atoms with Crippen molar-refractivity contribution in [2.24, 2.45) is 5.73 Å². The van der Waals surface area contributed by atoms with Crippen molar-refractivity contribution in [3.8, 4) is 11.1 Å². The summed E-state index contributed by atoms with van der Waals surface area (Å²) < 4.78 is 6.23. The number of alkyl halides is 1. The normalized spacial score (nSPS) is 18.9. The number of nitrogens with two attached hydrogens (primary N) is 1. The third-order valence-electron chi connectivity index (χ3n) is 8.02. The number of benzene rings is 4. The number of carbonyl (C=O) groups is 3. The Morgan fingerprint density at radius 1 is 0.881 bits per heavy atom. The van der Waals surface area contributed by atoms with Gasteiger partial charge >= 0.3 is 5.97 Å². The van der Waals surface area contributed by atoms with Gasteiger partial charge in [-0.2, -0.15) is 0 Å². The van der Waals surface area contributed by atoms with Gasteiger partial charge in [-0.15, -0.1) is 23.4 Å². The molecule has 6 nitrogen and oxygen atoms in total.